The summed E-state index contributed by atoms with van der Waals surface area (Å²) in [4.78, 5) is 25.0. The molecule has 0 aromatic heterocycles. The molecule has 2 aliphatic heterocycles. The van der Waals surface area contributed by atoms with Crippen LogP contribution < -0.4 is 5.32 Å². The van der Waals surface area contributed by atoms with E-state index >= 15 is 0 Å². The summed E-state index contributed by atoms with van der Waals surface area (Å²) in [6.45, 7) is 1.84. The monoisotopic (exact) mass is 288 g/mol. The predicted octanol–water partition coefficient (Wildman–Crippen LogP) is 0.874. The topological polar surface area (TPSA) is 69.6 Å². The van der Waals surface area contributed by atoms with E-state index in [2.05, 4.69) is 5.32 Å². The highest BCUT2D eigenvalue weighted by Crippen LogP contribution is 2.31. The number of rotatable bonds is 2. The predicted molar refractivity (Wildman–Crippen MR) is 77.8 cm³/mol. The Hall–Kier alpha value is -1.72. The molecule has 2 aliphatic rings. The minimum Gasteiger partial charge on any atom is -0.388 e. The molecule has 2 heterocycles. The molecule has 1 fully saturated rings. The Kier molecular flexibility index (Phi) is 3.78. The second-order valence-corrected chi connectivity index (χ2v) is 5.88. The molecule has 0 bridgehead atoms. The van der Waals surface area contributed by atoms with E-state index in [1.807, 2.05) is 6.07 Å². The number of piperidine rings is 1. The van der Waals surface area contributed by atoms with Gasteiger partial charge in [0.2, 0.25) is 5.91 Å². The first-order chi connectivity index (χ1) is 10.1. The van der Waals surface area contributed by atoms with Gasteiger partial charge in [-0.15, -0.1) is 0 Å². The maximum Gasteiger partial charge on any atom is 0.260 e. The van der Waals surface area contributed by atoms with Gasteiger partial charge in [-0.2, -0.15) is 0 Å². The Balaban J connectivity index is 1.88. The van der Waals surface area contributed by atoms with Crippen LogP contribution in [0.25, 0.3) is 0 Å². The van der Waals surface area contributed by atoms with Crippen molar-refractivity contribution in [3.63, 3.8) is 0 Å². The summed E-state index contributed by atoms with van der Waals surface area (Å²) >= 11 is 0. The van der Waals surface area contributed by atoms with E-state index in [1.165, 1.54) is 7.05 Å². The SMILES string of the molecule is CN1C(=O)Cc2ccc(C(O)C3CCNCC3)cc2C1=O. The minimum absolute atomic E-state index is 0.181. The van der Waals surface area contributed by atoms with Gasteiger partial charge in [-0.1, -0.05) is 12.1 Å². The molecule has 0 spiro atoms. The van der Waals surface area contributed by atoms with Gasteiger partial charge in [0.05, 0.1) is 12.5 Å². The lowest BCUT2D eigenvalue weighted by Crippen LogP contribution is -2.39. The van der Waals surface area contributed by atoms with Crippen molar-refractivity contribution < 1.29 is 14.7 Å². The van der Waals surface area contributed by atoms with Crippen LogP contribution in [0.15, 0.2) is 18.2 Å². The van der Waals surface area contributed by atoms with Gasteiger partial charge in [-0.05, 0) is 49.0 Å². The van der Waals surface area contributed by atoms with Crippen molar-refractivity contribution in [3.05, 3.63) is 34.9 Å². The zero-order chi connectivity index (χ0) is 15.0. The van der Waals surface area contributed by atoms with Gasteiger partial charge < -0.3 is 10.4 Å². The summed E-state index contributed by atoms with van der Waals surface area (Å²) in [7, 11) is 1.50. The van der Waals surface area contributed by atoms with Crippen LogP contribution in [0, 0.1) is 5.92 Å². The van der Waals surface area contributed by atoms with Gasteiger partial charge >= 0.3 is 0 Å². The fourth-order valence-electron chi connectivity index (χ4n) is 3.14. The molecule has 5 heteroatoms. The molecular formula is C16H20N2O3. The number of imide groups is 1. The molecule has 1 saturated heterocycles. The molecule has 0 radical (unpaired) electrons. The average Bonchev–Trinajstić information content (AvgIpc) is 2.53. The van der Waals surface area contributed by atoms with Gasteiger partial charge in [-0.3, -0.25) is 14.5 Å². The second kappa shape index (κ2) is 5.58. The van der Waals surface area contributed by atoms with Crippen molar-refractivity contribution in [1.29, 1.82) is 0 Å². The third kappa shape index (κ3) is 2.59. The number of amides is 2. The quantitative estimate of drug-likeness (QED) is 0.793. The van der Waals surface area contributed by atoms with Gasteiger partial charge in [-0.25, -0.2) is 0 Å². The van der Waals surface area contributed by atoms with Crippen LogP contribution >= 0.6 is 0 Å². The number of hydrogen-bond donors (Lipinski definition) is 2. The van der Waals surface area contributed by atoms with Crippen LogP contribution in [0.5, 0.6) is 0 Å². The molecular weight excluding hydrogens is 268 g/mol. The Morgan fingerprint density at radius 1 is 1.29 bits per heavy atom. The maximum absolute atomic E-state index is 12.2. The number of benzene rings is 1. The molecule has 0 saturated carbocycles. The van der Waals surface area contributed by atoms with Gasteiger partial charge in [0, 0.05) is 12.6 Å². The number of fused-ring (bicyclic) bond motifs is 1. The van der Waals surface area contributed by atoms with Crippen molar-refractivity contribution in [1.82, 2.24) is 10.2 Å². The number of nitrogens with one attached hydrogen (secondary N) is 1. The van der Waals surface area contributed by atoms with Crippen LogP contribution in [0.3, 0.4) is 0 Å². The molecule has 112 valence electrons. The summed E-state index contributed by atoms with van der Waals surface area (Å²) in [5, 5.41) is 13.8. The van der Waals surface area contributed by atoms with Gasteiger partial charge in [0.25, 0.3) is 5.91 Å². The molecule has 21 heavy (non-hydrogen) atoms. The van der Waals surface area contributed by atoms with E-state index in [1.54, 1.807) is 12.1 Å². The molecule has 1 unspecified atom stereocenters. The van der Waals surface area contributed by atoms with E-state index in [0.29, 0.717) is 5.56 Å². The fourth-order valence-corrected chi connectivity index (χ4v) is 3.14. The average molecular weight is 288 g/mol. The highest BCUT2D eigenvalue weighted by Gasteiger charge is 2.30. The number of nitrogens with zero attached hydrogens (tertiary/aromatic N) is 1. The Bertz CT molecular complexity index is 579. The smallest absolute Gasteiger partial charge is 0.260 e. The largest absolute Gasteiger partial charge is 0.388 e. The fraction of sp³-hybridized carbons (Fsp3) is 0.500. The molecule has 2 N–H and O–H groups in total. The standard InChI is InChI=1S/C16H20N2O3/c1-18-14(19)9-11-2-3-12(8-13(11)16(18)21)15(20)10-4-6-17-7-5-10/h2-3,8,10,15,17,20H,4-7,9H2,1H3. The normalized spacial score (nSPS) is 21.3. The highest BCUT2D eigenvalue weighted by atomic mass is 16.3. The zero-order valence-electron chi connectivity index (χ0n) is 12.1. The summed E-state index contributed by atoms with van der Waals surface area (Å²) in [6, 6.07) is 5.41. The lowest BCUT2D eigenvalue weighted by molar-refractivity contribution is -0.127. The molecule has 1 atom stereocenters. The molecule has 3 rings (SSSR count). The van der Waals surface area contributed by atoms with E-state index in [4.69, 9.17) is 0 Å². The number of aliphatic hydroxyl groups is 1. The van der Waals surface area contributed by atoms with Crippen LogP contribution in [-0.4, -0.2) is 42.0 Å². The third-order valence-electron chi connectivity index (χ3n) is 4.56. The van der Waals surface area contributed by atoms with Crippen LogP contribution in [0.4, 0.5) is 0 Å². The summed E-state index contributed by atoms with van der Waals surface area (Å²) in [5.74, 6) is -0.234. The molecule has 1 aromatic rings. The highest BCUT2D eigenvalue weighted by molar-refractivity contribution is 6.09. The minimum atomic E-state index is -0.548. The summed E-state index contributed by atoms with van der Waals surface area (Å²) in [6.07, 6.45) is 1.57. The van der Waals surface area contributed by atoms with Crippen molar-refractivity contribution >= 4 is 11.8 Å². The van der Waals surface area contributed by atoms with E-state index < -0.39 is 6.10 Å². The first-order valence-corrected chi connectivity index (χ1v) is 7.40. The van der Waals surface area contributed by atoms with Crippen molar-refractivity contribution in [2.24, 2.45) is 5.92 Å². The Morgan fingerprint density at radius 3 is 2.71 bits per heavy atom. The van der Waals surface area contributed by atoms with Crippen molar-refractivity contribution in [2.75, 3.05) is 20.1 Å². The first kappa shape index (κ1) is 14.2. The van der Waals surface area contributed by atoms with Crippen LogP contribution in [0.1, 0.15) is 40.4 Å². The summed E-state index contributed by atoms with van der Waals surface area (Å²) in [5.41, 5.74) is 2.07. The molecule has 1 aromatic carbocycles. The number of carbonyl (C=O) groups is 2. The van der Waals surface area contributed by atoms with Crippen molar-refractivity contribution in [2.45, 2.75) is 25.4 Å². The first-order valence-electron chi connectivity index (χ1n) is 7.40. The molecule has 5 nitrogen and oxygen atoms in total. The van der Waals surface area contributed by atoms with Crippen LogP contribution in [0.2, 0.25) is 0 Å². The lowest BCUT2D eigenvalue weighted by atomic mass is 9.86. The van der Waals surface area contributed by atoms with Gasteiger partial charge in [0.1, 0.15) is 0 Å². The second-order valence-electron chi connectivity index (χ2n) is 5.88. The van der Waals surface area contributed by atoms with Crippen molar-refractivity contribution in [3.8, 4) is 0 Å². The van der Waals surface area contributed by atoms with Crippen LogP contribution in [-0.2, 0) is 11.2 Å². The third-order valence-corrected chi connectivity index (χ3v) is 4.56. The zero-order valence-corrected chi connectivity index (χ0v) is 12.1. The number of carbonyl (C=O) groups excluding carboxylic acids is 2. The summed E-state index contributed by atoms with van der Waals surface area (Å²) < 4.78 is 0. The Morgan fingerprint density at radius 2 is 2.00 bits per heavy atom. The maximum atomic E-state index is 12.2. The Labute approximate surface area is 123 Å². The molecule has 0 aliphatic carbocycles. The number of hydrogen-bond acceptors (Lipinski definition) is 4. The molecule has 2 amide bonds. The van der Waals surface area contributed by atoms with E-state index in [-0.39, 0.29) is 24.2 Å². The number of likely N-dealkylation sites (N-methyl/N-ethyl adjacent to an activating group) is 1. The number of aliphatic hydroxyl groups excluding tert-OH is 1. The van der Waals surface area contributed by atoms with E-state index in [9.17, 15) is 14.7 Å². The van der Waals surface area contributed by atoms with Gasteiger partial charge in [0.15, 0.2) is 0 Å². The lowest BCUT2D eigenvalue weighted by Gasteiger charge is -2.29. The van der Waals surface area contributed by atoms with E-state index in [0.717, 1.165) is 42.0 Å².